The average molecular weight is 297 g/mol. The monoisotopic (exact) mass is 297 g/mol. The molecule has 0 saturated heterocycles. The fourth-order valence-corrected chi connectivity index (χ4v) is 1.65. The van der Waals surface area contributed by atoms with Crippen LogP contribution in [0.5, 0.6) is 0 Å². The molecule has 21 heavy (non-hydrogen) atoms. The number of amides is 3. The van der Waals surface area contributed by atoms with E-state index in [-0.39, 0.29) is 12.8 Å². The molecular formula is C12H19N5O4. The zero-order chi connectivity index (χ0) is 15.7. The summed E-state index contributed by atoms with van der Waals surface area (Å²) in [4.78, 5) is 40.1. The van der Waals surface area contributed by atoms with Crippen molar-refractivity contribution in [2.45, 2.75) is 31.7 Å². The molecule has 0 aliphatic heterocycles. The lowest BCUT2D eigenvalue weighted by Crippen LogP contribution is -2.46. The highest BCUT2D eigenvalue weighted by Crippen LogP contribution is 1.97. The van der Waals surface area contributed by atoms with Gasteiger partial charge in [-0.1, -0.05) is 0 Å². The molecule has 0 fully saturated rings. The molecule has 1 atom stereocenters. The van der Waals surface area contributed by atoms with Gasteiger partial charge >= 0.3 is 12.0 Å². The van der Waals surface area contributed by atoms with Crippen LogP contribution < -0.4 is 16.4 Å². The van der Waals surface area contributed by atoms with Crippen LogP contribution in [0.3, 0.4) is 0 Å². The lowest BCUT2D eigenvalue weighted by atomic mass is 10.1. The van der Waals surface area contributed by atoms with Gasteiger partial charge in [0.15, 0.2) is 0 Å². The molecule has 6 N–H and O–H groups in total. The number of aliphatic carboxylic acids is 1. The predicted octanol–water partition coefficient (Wildman–Crippen LogP) is -0.640. The first-order valence-corrected chi connectivity index (χ1v) is 6.52. The third kappa shape index (κ3) is 6.95. The molecule has 1 heterocycles. The van der Waals surface area contributed by atoms with E-state index in [9.17, 15) is 14.4 Å². The van der Waals surface area contributed by atoms with Crippen LogP contribution in [0, 0.1) is 0 Å². The summed E-state index contributed by atoms with van der Waals surface area (Å²) in [6.07, 6.45) is 4.56. The second kappa shape index (κ2) is 8.56. The van der Waals surface area contributed by atoms with Crippen molar-refractivity contribution in [2.24, 2.45) is 5.73 Å². The van der Waals surface area contributed by atoms with Crippen LogP contribution in [0.15, 0.2) is 12.4 Å². The number of primary amides is 1. The summed E-state index contributed by atoms with van der Waals surface area (Å²) >= 11 is 0. The number of hydrogen-bond acceptors (Lipinski definition) is 4. The van der Waals surface area contributed by atoms with E-state index >= 15 is 0 Å². The quantitative estimate of drug-likeness (QED) is 0.384. The number of nitrogens with two attached hydrogens (primary N) is 1. The van der Waals surface area contributed by atoms with E-state index in [1.807, 2.05) is 0 Å². The second-order valence-electron chi connectivity index (χ2n) is 4.44. The minimum Gasteiger partial charge on any atom is -0.480 e. The number of aromatic nitrogens is 2. The van der Waals surface area contributed by atoms with Gasteiger partial charge in [-0.25, -0.2) is 14.6 Å². The number of nitrogens with one attached hydrogen (secondary N) is 3. The molecule has 1 unspecified atom stereocenters. The highest BCUT2D eigenvalue weighted by atomic mass is 16.4. The van der Waals surface area contributed by atoms with Crippen LogP contribution in [0.1, 0.15) is 25.1 Å². The number of urea groups is 1. The molecule has 1 rings (SSSR count). The lowest BCUT2D eigenvalue weighted by molar-refractivity contribution is -0.139. The van der Waals surface area contributed by atoms with E-state index in [1.165, 1.54) is 0 Å². The number of imidazole rings is 1. The normalized spacial score (nSPS) is 11.6. The molecule has 0 saturated carbocycles. The van der Waals surface area contributed by atoms with Gasteiger partial charge in [0.1, 0.15) is 11.9 Å². The predicted molar refractivity (Wildman–Crippen MR) is 73.3 cm³/mol. The fraction of sp³-hybridized carbons (Fsp3) is 0.500. The zero-order valence-electron chi connectivity index (χ0n) is 11.5. The SMILES string of the molecule is NC(=O)CCC(NC(=O)NCCCc1ncc[nH]1)C(=O)O. The van der Waals surface area contributed by atoms with Gasteiger partial charge in [0.05, 0.1) is 0 Å². The van der Waals surface area contributed by atoms with Gasteiger partial charge in [-0.15, -0.1) is 0 Å². The molecule has 1 aromatic heterocycles. The average Bonchev–Trinajstić information content (AvgIpc) is 2.92. The van der Waals surface area contributed by atoms with Gasteiger partial charge in [0.2, 0.25) is 5.91 Å². The molecule has 0 spiro atoms. The number of nitrogens with zero attached hydrogens (tertiary/aromatic N) is 1. The van der Waals surface area contributed by atoms with Crippen molar-refractivity contribution in [3.63, 3.8) is 0 Å². The van der Waals surface area contributed by atoms with E-state index in [0.29, 0.717) is 19.4 Å². The summed E-state index contributed by atoms with van der Waals surface area (Å²) in [5.74, 6) is -0.994. The summed E-state index contributed by atoms with van der Waals surface area (Å²) in [5.41, 5.74) is 4.95. The van der Waals surface area contributed by atoms with Crippen LogP contribution in [0.2, 0.25) is 0 Å². The number of H-pyrrole nitrogens is 1. The van der Waals surface area contributed by atoms with Crippen molar-refractivity contribution >= 4 is 17.9 Å². The van der Waals surface area contributed by atoms with E-state index in [1.54, 1.807) is 12.4 Å². The van der Waals surface area contributed by atoms with Crippen molar-refractivity contribution in [1.82, 2.24) is 20.6 Å². The molecular weight excluding hydrogens is 278 g/mol. The van der Waals surface area contributed by atoms with Crippen LogP contribution in [0.4, 0.5) is 4.79 Å². The first kappa shape index (κ1) is 16.5. The summed E-state index contributed by atoms with van der Waals surface area (Å²) in [6.45, 7) is 0.384. The Balaban J connectivity index is 2.23. The zero-order valence-corrected chi connectivity index (χ0v) is 11.5. The molecule has 0 aliphatic carbocycles. The smallest absolute Gasteiger partial charge is 0.326 e. The first-order chi connectivity index (χ1) is 9.99. The van der Waals surface area contributed by atoms with Crippen molar-refractivity contribution in [3.05, 3.63) is 18.2 Å². The number of aromatic amines is 1. The maximum absolute atomic E-state index is 11.5. The van der Waals surface area contributed by atoms with E-state index < -0.39 is 23.9 Å². The molecule has 0 radical (unpaired) electrons. The van der Waals surface area contributed by atoms with Gasteiger partial charge in [-0.05, 0) is 12.8 Å². The highest BCUT2D eigenvalue weighted by molar-refractivity contribution is 5.83. The summed E-state index contributed by atoms with van der Waals surface area (Å²) in [6, 6.07) is -1.73. The van der Waals surface area contributed by atoms with Crippen molar-refractivity contribution in [2.75, 3.05) is 6.54 Å². The Labute approximate surface area is 121 Å². The summed E-state index contributed by atoms with van der Waals surface area (Å²) in [5, 5.41) is 13.8. The number of rotatable bonds is 9. The van der Waals surface area contributed by atoms with Crippen molar-refractivity contribution in [3.8, 4) is 0 Å². The van der Waals surface area contributed by atoms with Crippen LogP contribution in [-0.4, -0.2) is 45.6 Å². The maximum Gasteiger partial charge on any atom is 0.326 e. The Morgan fingerprint density at radius 2 is 2.19 bits per heavy atom. The Morgan fingerprint density at radius 1 is 1.43 bits per heavy atom. The van der Waals surface area contributed by atoms with Crippen LogP contribution in [-0.2, 0) is 16.0 Å². The fourth-order valence-electron chi connectivity index (χ4n) is 1.65. The third-order valence-electron chi connectivity index (χ3n) is 2.71. The van der Waals surface area contributed by atoms with Gasteiger partial charge in [0, 0.05) is 31.8 Å². The standard InChI is InChI=1S/C12H19N5O4/c13-9(18)4-3-8(11(19)20)17-12(21)16-5-1-2-10-14-6-7-15-10/h6-8H,1-5H2,(H2,13,18)(H,14,15)(H,19,20)(H2,16,17,21). The van der Waals surface area contributed by atoms with Crippen molar-refractivity contribution in [1.29, 1.82) is 0 Å². The van der Waals surface area contributed by atoms with Crippen LogP contribution >= 0.6 is 0 Å². The lowest BCUT2D eigenvalue weighted by Gasteiger charge is -2.14. The van der Waals surface area contributed by atoms with E-state index in [2.05, 4.69) is 20.6 Å². The van der Waals surface area contributed by atoms with Crippen molar-refractivity contribution < 1.29 is 19.5 Å². The van der Waals surface area contributed by atoms with Gasteiger partial charge in [-0.3, -0.25) is 4.79 Å². The number of carbonyl (C=O) groups is 3. The highest BCUT2D eigenvalue weighted by Gasteiger charge is 2.20. The molecule has 9 nitrogen and oxygen atoms in total. The van der Waals surface area contributed by atoms with Gasteiger partial charge in [0.25, 0.3) is 0 Å². The number of carboxylic acid groups (broad SMARTS) is 1. The van der Waals surface area contributed by atoms with Gasteiger partial charge in [-0.2, -0.15) is 0 Å². The number of hydrogen-bond donors (Lipinski definition) is 5. The number of carbonyl (C=O) groups excluding carboxylic acids is 2. The maximum atomic E-state index is 11.5. The van der Waals surface area contributed by atoms with E-state index in [0.717, 1.165) is 5.82 Å². The molecule has 3 amide bonds. The molecule has 0 bridgehead atoms. The van der Waals surface area contributed by atoms with Gasteiger partial charge < -0.3 is 26.5 Å². The number of carboxylic acids is 1. The molecule has 0 aliphatic rings. The molecule has 0 aromatic carbocycles. The van der Waals surface area contributed by atoms with E-state index in [4.69, 9.17) is 10.8 Å². The molecule has 1 aromatic rings. The van der Waals surface area contributed by atoms with Crippen LogP contribution in [0.25, 0.3) is 0 Å². The number of aryl methyl sites for hydroxylation is 1. The third-order valence-corrected chi connectivity index (χ3v) is 2.71. The minimum absolute atomic E-state index is 0.0372. The second-order valence-corrected chi connectivity index (χ2v) is 4.44. The Bertz CT molecular complexity index is 474. The largest absolute Gasteiger partial charge is 0.480 e. The summed E-state index contributed by atoms with van der Waals surface area (Å²) in [7, 11) is 0. The molecule has 9 heteroatoms. The summed E-state index contributed by atoms with van der Waals surface area (Å²) < 4.78 is 0. The topological polar surface area (TPSA) is 150 Å². The molecule has 116 valence electrons. The Morgan fingerprint density at radius 3 is 2.76 bits per heavy atom. The Kier molecular flexibility index (Phi) is 6.72. The first-order valence-electron chi connectivity index (χ1n) is 6.52. The Hall–Kier alpha value is -2.58. The minimum atomic E-state index is -1.21.